The highest BCUT2D eigenvalue weighted by Crippen LogP contribution is 2.23. The van der Waals surface area contributed by atoms with Gasteiger partial charge in [-0.05, 0) is 43.2 Å². The number of hydrogen-bond acceptors (Lipinski definition) is 5. The zero-order valence-electron chi connectivity index (χ0n) is 17.1. The Labute approximate surface area is 178 Å². The smallest absolute Gasteiger partial charge is 0.261 e. The van der Waals surface area contributed by atoms with Gasteiger partial charge in [0, 0.05) is 25.9 Å². The Morgan fingerprint density at radius 1 is 1.23 bits per heavy atom. The molecule has 1 saturated carbocycles. The standard InChI is InChI=1S/C21H29N5O3S/c1-29-14-13-24-30(28)17-9-7-16(8-10-17)26-20(22)19-18(11-12-23-21(19)27)25-15-5-3-2-4-6-15/h7-12,15,24H,2-6,13-14H2,1H3,(H2,22,26)(H2,23,25,27). The van der Waals surface area contributed by atoms with Crippen LogP contribution in [-0.2, 0) is 15.7 Å². The van der Waals surface area contributed by atoms with Crippen molar-refractivity contribution in [3.63, 3.8) is 0 Å². The fraction of sp³-hybridized carbons (Fsp3) is 0.429. The summed E-state index contributed by atoms with van der Waals surface area (Å²) < 4.78 is 20.0. The molecule has 8 nitrogen and oxygen atoms in total. The van der Waals surface area contributed by atoms with Gasteiger partial charge >= 0.3 is 0 Å². The summed E-state index contributed by atoms with van der Waals surface area (Å²) in [5.41, 5.74) is 7.56. The van der Waals surface area contributed by atoms with Gasteiger partial charge in [0.25, 0.3) is 5.56 Å². The molecule has 0 aliphatic heterocycles. The van der Waals surface area contributed by atoms with Crippen LogP contribution in [-0.4, -0.2) is 41.3 Å². The summed E-state index contributed by atoms with van der Waals surface area (Å²) in [5, 5.41) is 3.47. The quantitative estimate of drug-likeness (QED) is 0.276. The second-order valence-electron chi connectivity index (χ2n) is 7.22. The molecule has 9 heteroatoms. The summed E-state index contributed by atoms with van der Waals surface area (Å²) in [6.45, 7) is 0.969. The Bertz CT molecular complexity index is 936. The van der Waals surface area contributed by atoms with Crippen molar-refractivity contribution < 1.29 is 8.95 Å². The largest absolute Gasteiger partial charge is 0.383 e. The number of hydrogen-bond donors (Lipinski definition) is 4. The number of nitrogens with two attached hydrogens (primary N) is 1. The molecule has 1 aliphatic rings. The normalized spacial score (nSPS) is 16.4. The van der Waals surface area contributed by atoms with Crippen LogP contribution in [0.2, 0.25) is 0 Å². The summed E-state index contributed by atoms with van der Waals surface area (Å²) in [7, 11) is 0.265. The van der Waals surface area contributed by atoms with E-state index in [-0.39, 0.29) is 11.4 Å². The average molecular weight is 432 g/mol. The first-order valence-electron chi connectivity index (χ1n) is 10.2. The van der Waals surface area contributed by atoms with E-state index in [1.54, 1.807) is 37.6 Å². The number of aromatic amines is 1. The van der Waals surface area contributed by atoms with Crippen LogP contribution in [0, 0.1) is 0 Å². The number of nitrogens with one attached hydrogen (secondary N) is 3. The maximum atomic E-state index is 12.5. The van der Waals surface area contributed by atoms with E-state index in [1.807, 2.05) is 6.07 Å². The van der Waals surface area contributed by atoms with Gasteiger partial charge in [0.2, 0.25) is 0 Å². The van der Waals surface area contributed by atoms with Gasteiger partial charge in [-0.1, -0.05) is 19.3 Å². The van der Waals surface area contributed by atoms with E-state index in [1.165, 1.54) is 19.3 Å². The van der Waals surface area contributed by atoms with Crippen LogP contribution >= 0.6 is 0 Å². The Kier molecular flexibility index (Phi) is 8.18. The van der Waals surface area contributed by atoms with Crippen molar-refractivity contribution >= 4 is 28.2 Å². The van der Waals surface area contributed by atoms with Gasteiger partial charge < -0.3 is 20.8 Å². The van der Waals surface area contributed by atoms with Crippen molar-refractivity contribution in [2.24, 2.45) is 10.7 Å². The molecule has 0 radical (unpaired) electrons. The lowest BCUT2D eigenvalue weighted by molar-refractivity contribution is 0.205. The van der Waals surface area contributed by atoms with Gasteiger partial charge in [-0.15, -0.1) is 0 Å². The minimum atomic E-state index is -1.33. The first kappa shape index (κ1) is 22.2. The number of amidine groups is 1. The molecule has 30 heavy (non-hydrogen) atoms. The van der Waals surface area contributed by atoms with Crippen LogP contribution < -0.4 is 21.3 Å². The van der Waals surface area contributed by atoms with E-state index in [9.17, 15) is 9.00 Å². The summed E-state index contributed by atoms with van der Waals surface area (Å²) in [5.74, 6) is 0.141. The van der Waals surface area contributed by atoms with E-state index in [0.29, 0.717) is 41.0 Å². The third-order valence-corrected chi connectivity index (χ3v) is 6.19. The van der Waals surface area contributed by atoms with Crippen LogP contribution in [0.15, 0.2) is 51.2 Å². The topological polar surface area (TPSA) is 122 Å². The van der Waals surface area contributed by atoms with Gasteiger partial charge in [0.1, 0.15) is 22.4 Å². The van der Waals surface area contributed by atoms with E-state index in [4.69, 9.17) is 10.5 Å². The number of anilines is 1. The molecule has 1 heterocycles. The maximum absolute atomic E-state index is 12.5. The number of H-pyrrole nitrogens is 1. The van der Waals surface area contributed by atoms with Crippen molar-refractivity contribution in [1.82, 2.24) is 9.71 Å². The molecule has 1 fully saturated rings. The monoisotopic (exact) mass is 431 g/mol. The molecule has 0 spiro atoms. The fourth-order valence-corrected chi connectivity index (χ4v) is 4.30. The van der Waals surface area contributed by atoms with Crippen molar-refractivity contribution in [1.29, 1.82) is 0 Å². The lowest BCUT2D eigenvalue weighted by atomic mass is 9.95. The average Bonchev–Trinajstić information content (AvgIpc) is 2.75. The van der Waals surface area contributed by atoms with Gasteiger partial charge in [-0.3, -0.25) is 4.79 Å². The van der Waals surface area contributed by atoms with Gasteiger partial charge in [0.15, 0.2) is 0 Å². The van der Waals surface area contributed by atoms with Gasteiger partial charge in [-0.2, -0.15) is 0 Å². The van der Waals surface area contributed by atoms with E-state index in [0.717, 1.165) is 12.8 Å². The van der Waals surface area contributed by atoms with Crippen molar-refractivity contribution in [3.05, 3.63) is 52.4 Å². The van der Waals surface area contributed by atoms with Gasteiger partial charge in [-0.25, -0.2) is 13.9 Å². The molecule has 1 atom stereocenters. The Balaban J connectivity index is 1.76. The summed E-state index contributed by atoms with van der Waals surface area (Å²) in [6, 6.07) is 9.06. The molecular formula is C21H29N5O3S. The number of pyridine rings is 1. The number of benzene rings is 1. The molecule has 1 aromatic heterocycles. The minimum Gasteiger partial charge on any atom is -0.383 e. The maximum Gasteiger partial charge on any atom is 0.261 e. The second kappa shape index (κ2) is 11.1. The van der Waals surface area contributed by atoms with Crippen LogP contribution in [0.3, 0.4) is 0 Å². The SMILES string of the molecule is COCCNS(=O)c1ccc(N=C(N)c2c(NC3CCCCC3)cc[nH]c2=O)cc1. The number of methoxy groups -OCH3 is 1. The Hall–Kier alpha value is -2.49. The molecule has 0 saturated heterocycles. The lowest BCUT2D eigenvalue weighted by Crippen LogP contribution is -2.29. The van der Waals surface area contributed by atoms with E-state index >= 15 is 0 Å². The molecule has 0 bridgehead atoms. The van der Waals surface area contributed by atoms with Crippen LogP contribution in [0.1, 0.15) is 37.7 Å². The molecule has 3 rings (SSSR count). The predicted octanol–water partition coefficient (Wildman–Crippen LogP) is 2.42. The van der Waals surface area contributed by atoms with Crippen molar-refractivity contribution in [2.75, 3.05) is 25.6 Å². The fourth-order valence-electron chi connectivity index (χ4n) is 3.48. The second-order valence-corrected chi connectivity index (χ2v) is 8.52. The number of ether oxygens (including phenoxy) is 1. The zero-order chi connectivity index (χ0) is 21.3. The highest BCUT2D eigenvalue weighted by Gasteiger charge is 2.17. The first-order valence-corrected chi connectivity index (χ1v) is 11.3. The summed E-state index contributed by atoms with van der Waals surface area (Å²) >= 11 is 0. The zero-order valence-corrected chi connectivity index (χ0v) is 18.0. The molecule has 1 aromatic carbocycles. The number of nitrogens with zero attached hydrogens (tertiary/aromatic N) is 1. The van der Waals surface area contributed by atoms with E-state index < -0.39 is 11.0 Å². The Morgan fingerprint density at radius 2 is 1.97 bits per heavy atom. The molecular weight excluding hydrogens is 402 g/mol. The molecule has 1 unspecified atom stereocenters. The van der Waals surface area contributed by atoms with Crippen molar-refractivity contribution in [2.45, 2.75) is 43.0 Å². The first-order chi connectivity index (χ1) is 14.6. The Morgan fingerprint density at radius 3 is 2.67 bits per heavy atom. The third-order valence-electron chi connectivity index (χ3n) is 5.02. The van der Waals surface area contributed by atoms with Crippen LogP contribution in [0.4, 0.5) is 11.4 Å². The third kappa shape index (κ3) is 6.01. The molecule has 1 aliphatic carbocycles. The van der Waals surface area contributed by atoms with Crippen LogP contribution in [0.5, 0.6) is 0 Å². The number of rotatable bonds is 9. The van der Waals surface area contributed by atoms with Gasteiger partial charge in [0.05, 0.1) is 22.9 Å². The summed E-state index contributed by atoms with van der Waals surface area (Å²) in [6.07, 6.45) is 7.42. The molecule has 2 aromatic rings. The molecule has 5 N–H and O–H groups in total. The van der Waals surface area contributed by atoms with Crippen LogP contribution in [0.25, 0.3) is 0 Å². The predicted molar refractivity (Wildman–Crippen MR) is 121 cm³/mol. The van der Waals surface area contributed by atoms with Crippen molar-refractivity contribution in [3.8, 4) is 0 Å². The summed E-state index contributed by atoms with van der Waals surface area (Å²) in [4.78, 5) is 20.2. The van der Waals surface area contributed by atoms with E-state index in [2.05, 4.69) is 20.0 Å². The number of aromatic nitrogens is 1. The molecule has 0 amide bonds. The highest BCUT2D eigenvalue weighted by atomic mass is 32.2. The number of aliphatic imine (C=N–C) groups is 1. The molecule has 162 valence electrons. The minimum absolute atomic E-state index is 0.141. The highest BCUT2D eigenvalue weighted by molar-refractivity contribution is 7.83. The lowest BCUT2D eigenvalue weighted by Gasteiger charge is -2.24.